The number of nitrogens with one attached hydrogen (secondary N) is 3. The predicted octanol–water partition coefficient (Wildman–Crippen LogP) is -0.332. The molecule has 0 aliphatic carbocycles. The maximum absolute atomic E-state index is 12.1. The lowest BCUT2D eigenvalue weighted by molar-refractivity contribution is -0.116. The molecule has 0 bridgehead atoms. The topological polar surface area (TPSA) is 91.0 Å². The second-order valence-electron chi connectivity index (χ2n) is 2.68. The van der Waals surface area contributed by atoms with Gasteiger partial charge in [0.25, 0.3) is 5.91 Å². The molecule has 0 unspecified atom stereocenters. The minimum Gasteiger partial charge on any atom is -0.386 e. The molecule has 0 saturated heterocycles. The number of halogens is 1. The van der Waals surface area contributed by atoms with Crippen LogP contribution < -0.4 is 16.4 Å². The Kier molecular flexibility index (Phi) is 6.82. The van der Waals surface area contributed by atoms with Gasteiger partial charge in [0.2, 0.25) is 0 Å². The van der Waals surface area contributed by atoms with Crippen molar-refractivity contribution in [2.75, 3.05) is 20.1 Å². The van der Waals surface area contributed by atoms with E-state index in [-0.39, 0.29) is 24.6 Å². The highest BCUT2D eigenvalue weighted by atomic mass is 19.1. The first-order valence-corrected chi connectivity index (χ1v) is 4.33. The van der Waals surface area contributed by atoms with Gasteiger partial charge in [-0.3, -0.25) is 4.79 Å². The van der Waals surface area contributed by atoms with Crippen LogP contribution in [0.25, 0.3) is 0 Å². The first-order chi connectivity index (χ1) is 7.19. The fraction of sp³-hybridized carbons (Fsp3) is 0.333. The summed E-state index contributed by atoms with van der Waals surface area (Å²) >= 11 is 0. The number of rotatable bonds is 6. The van der Waals surface area contributed by atoms with Crippen LogP contribution in [0.3, 0.4) is 0 Å². The second kappa shape index (κ2) is 7.69. The van der Waals surface area contributed by atoms with Crippen molar-refractivity contribution in [3.8, 4) is 0 Å². The molecule has 0 aromatic heterocycles. The van der Waals surface area contributed by atoms with E-state index in [0.29, 0.717) is 11.9 Å². The molecule has 0 aliphatic rings. The first kappa shape index (κ1) is 13.3. The molecular weight excluding hydrogens is 199 g/mol. The van der Waals surface area contributed by atoms with Gasteiger partial charge in [0.05, 0.1) is 11.9 Å². The summed E-state index contributed by atoms with van der Waals surface area (Å²) < 4.78 is 12.1. The van der Waals surface area contributed by atoms with Gasteiger partial charge in [0, 0.05) is 32.6 Å². The molecule has 0 aliphatic heterocycles. The largest absolute Gasteiger partial charge is 0.386 e. The number of likely N-dealkylation sites (N-methyl/N-ethyl adjacent to an activating group) is 1. The van der Waals surface area contributed by atoms with Crippen molar-refractivity contribution in [3.63, 3.8) is 0 Å². The monoisotopic (exact) mass is 214 g/mol. The molecule has 0 heterocycles. The van der Waals surface area contributed by atoms with Crippen molar-refractivity contribution in [2.45, 2.75) is 0 Å². The van der Waals surface area contributed by atoms with Crippen LogP contribution >= 0.6 is 0 Å². The summed E-state index contributed by atoms with van der Waals surface area (Å²) in [6.07, 6.45) is 2.67. The van der Waals surface area contributed by atoms with Gasteiger partial charge >= 0.3 is 0 Å². The predicted molar refractivity (Wildman–Crippen MR) is 57.2 cm³/mol. The molecule has 1 amide bonds. The summed E-state index contributed by atoms with van der Waals surface area (Å²) in [5, 5.41) is 12.0. The van der Waals surface area contributed by atoms with E-state index in [1.54, 1.807) is 0 Å². The zero-order valence-electron chi connectivity index (χ0n) is 8.51. The van der Waals surface area contributed by atoms with Crippen molar-refractivity contribution in [1.29, 1.82) is 5.41 Å². The number of nitrogens with two attached hydrogens (primary N) is 1. The summed E-state index contributed by atoms with van der Waals surface area (Å²) in [5.41, 5.74) is 5.77. The van der Waals surface area contributed by atoms with E-state index in [0.717, 1.165) is 6.21 Å². The van der Waals surface area contributed by atoms with Gasteiger partial charge in [-0.05, 0) is 5.57 Å². The van der Waals surface area contributed by atoms with Crippen LogP contribution in [0.4, 0.5) is 4.39 Å². The van der Waals surface area contributed by atoms with Gasteiger partial charge in [-0.25, -0.2) is 4.39 Å². The molecule has 0 atom stereocenters. The smallest absolute Gasteiger partial charge is 0.254 e. The maximum Gasteiger partial charge on any atom is 0.254 e. The van der Waals surface area contributed by atoms with Gasteiger partial charge < -0.3 is 21.8 Å². The molecule has 0 spiro atoms. The van der Waals surface area contributed by atoms with Crippen molar-refractivity contribution in [3.05, 3.63) is 23.7 Å². The average Bonchev–Trinajstić information content (AvgIpc) is 2.28. The van der Waals surface area contributed by atoms with Crippen molar-refractivity contribution < 1.29 is 9.18 Å². The van der Waals surface area contributed by atoms with Crippen LogP contribution in [0.2, 0.25) is 0 Å². The van der Waals surface area contributed by atoms with E-state index in [2.05, 4.69) is 10.6 Å². The minimum absolute atomic E-state index is 0.108. The average molecular weight is 214 g/mol. The molecule has 15 heavy (non-hydrogen) atoms. The molecule has 0 saturated carbocycles. The standard InChI is InChI=1S/C9H15FN4O/c1-13-9(15)8(4-12)6-14-5-7(2-10)3-11/h2,4,6,12,14H,3,5,11H2,1H3,(H,13,15)/b7-2+,8-6+,12-4?. The van der Waals surface area contributed by atoms with Crippen molar-refractivity contribution in [2.24, 2.45) is 5.73 Å². The lowest BCUT2D eigenvalue weighted by Gasteiger charge is -2.04. The van der Waals surface area contributed by atoms with Crippen molar-refractivity contribution >= 4 is 12.1 Å². The molecule has 0 aromatic rings. The molecule has 5 nitrogen and oxygen atoms in total. The van der Waals surface area contributed by atoms with E-state index in [1.807, 2.05) is 0 Å². The molecule has 0 aromatic carbocycles. The molecule has 0 fully saturated rings. The fourth-order valence-electron chi connectivity index (χ4n) is 0.764. The van der Waals surface area contributed by atoms with Crippen LogP contribution in [0.1, 0.15) is 0 Å². The number of carbonyl (C=O) groups is 1. The number of hydrogen-bond donors (Lipinski definition) is 4. The van der Waals surface area contributed by atoms with Gasteiger partial charge in [0.1, 0.15) is 0 Å². The lowest BCUT2D eigenvalue weighted by Crippen LogP contribution is -2.23. The Hall–Kier alpha value is -1.69. The number of amides is 1. The molecule has 0 rings (SSSR count). The molecule has 5 N–H and O–H groups in total. The lowest BCUT2D eigenvalue weighted by atomic mass is 10.2. The van der Waals surface area contributed by atoms with E-state index >= 15 is 0 Å². The Morgan fingerprint density at radius 2 is 2.27 bits per heavy atom. The molecule has 0 radical (unpaired) electrons. The SMILES string of the molecule is CNC(=O)/C(C=N)=C/NC/C(=C/F)CN. The summed E-state index contributed by atoms with van der Waals surface area (Å²) in [6.45, 7) is 0.318. The van der Waals surface area contributed by atoms with Gasteiger partial charge in [0.15, 0.2) is 0 Å². The van der Waals surface area contributed by atoms with Crippen LogP contribution in [0.5, 0.6) is 0 Å². The minimum atomic E-state index is -0.379. The van der Waals surface area contributed by atoms with Gasteiger partial charge in [-0.2, -0.15) is 0 Å². The summed E-state index contributed by atoms with van der Waals surface area (Å²) in [5.74, 6) is -0.379. The third kappa shape index (κ3) is 4.92. The van der Waals surface area contributed by atoms with Crippen LogP contribution in [0, 0.1) is 5.41 Å². The van der Waals surface area contributed by atoms with E-state index in [1.165, 1.54) is 13.2 Å². The Balaban J connectivity index is 4.24. The quantitative estimate of drug-likeness (QED) is 0.360. The fourth-order valence-corrected chi connectivity index (χ4v) is 0.764. The zero-order valence-corrected chi connectivity index (χ0v) is 8.51. The van der Waals surface area contributed by atoms with Gasteiger partial charge in [-0.1, -0.05) is 0 Å². The Morgan fingerprint density at radius 1 is 1.60 bits per heavy atom. The summed E-state index contributed by atoms with van der Waals surface area (Å²) in [7, 11) is 1.46. The number of carbonyl (C=O) groups excluding carboxylic acids is 1. The highest BCUT2D eigenvalue weighted by Crippen LogP contribution is 1.91. The van der Waals surface area contributed by atoms with Gasteiger partial charge in [-0.15, -0.1) is 0 Å². The zero-order chi connectivity index (χ0) is 11.7. The highest BCUT2D eigenvalue weighted by molar-refractivity contribution is 6.11. The molecular formula is C9H15FN4O. The Morgan fingerprint density at radius 3 is 2.67 bits per heavy atom. The maximum atomic E-state index is 12.1. The van der Waals surface area contributed by atoms with E-state index in [4.69, 9.17) is 11.1 Å². The van der Waals surface area contributed by atoms with Crippen LogP contribution in [-0.2, 0) is 4.79 Å². The summed E-state index contributed by atoms with van der Waals surface area (Å²) in [4.78, 5) is 11.1. The van der Waals surface area contributed by atoms with E-state index < -0.39 is 0 Å². The van der Waals surface area contributed by atoms with Crippen LogP contribution in [-0.4, -0.2) is 32.3 Å². The third-order valence-electron chi connectivity index (χ3n) is 1.65. The highest BCUT2D eigenvalue weighted by Gasteiger charge is 2.02. The Labute approximate surface area is 87.7 Å². The van der Waals surface area contributed by atoms with E-state index in [9.17, 15) is 9.18 Å². The molecule has 6 heteroatoms. The third-order valence-corrected chi connectivity index (χ3v) is 1.65. The van der Waals surface area contributed by atoms with Crippen LogP contribution in [0.15, 0.2) is 23.7 Å². The normalized spacial score (nSPS) is 12.2. The Bertz CT molecular complexity index is 286. The van der Waals surface area contributed by atoms with Crippen molar-refractivity contribution in [1.82, 2.24) is 10.6 Å². The summed E-state index contributed by atoms with van der Waals surface area (Å²) in [6, 6.07) is 0. The second-order valence-corrected chi connectivity index (χ2v) is 2.68. The first-order valence-electron chi connectivity index (χ1n) is 4.33. The molecule has 84 valence electrons. The number of hydrogen-bond acceptors (Lipinski definition) is 4.